The van der Waals surface area contributed by atoms with Gasteiger partial charge in [-0.1, -0.05) is 48.5 Å². The Morgan fingerprint density at radius 1 is 0.793 bits per heavy atom. The van der Waals surface area contributed by atoms with Crippen LogP contribution in [0.3, 0.4) is 0 Å². The number of halogens is 1. The molecule has 4 aromatic rings. The fourth-order valence-corrected chi connectivity index (χ4v) is 4.79. The van der Waals surface area contributed by atoms with Crippen LogP contribution in [-0.2, 0) is 10.0 Å². The maximum absolute atomic E-state index is 15.2. The lowest BCUT2D eigenvalue weighted by molar-refractivity contribution is 0.415. The van der Waals surface area contributed by atoms with Gasteiger partial charge in [0.15, 0.2) is 5.82 Å². The molecular formula is C23H18FNO3S. The van der Waals surface area contributed by atoms with Crippen LogP contribution in [0.4, 0.5) is 4.39 Å². The van der Waals surface area contributed by atoms with Gasteiger partial charge in [0, 0.05) is 11.6 Å². The summed E-state index contributed by atoms with van der Waals surface area (Å²) in [5.41, 5.74) is 1.28. The van der Waals surface area contributed by atoms with E-state index in [1.165, 1.54) is 25.3 Å². The third-order valence-electron chi connectivity index (χ3n) is 4.63. The van der Waals surface area contributed by atoms with Crippen LogP contribution in [0.15, 0.2) is 95.9 Å². The Morgan fingerprint density at radius 3 is 1.97 bits per heavy atom. The molecule has 1 heterocycles. The monoisotopic (exact) mass is 407 g/mol. The molecule has 0 spiro atoms. The molecule has 4 nitrogen and oxygen atoms in total. The minimum atomic E-state index is -4.05. The third kappa shape index (κ3) is 3.43. The van der Waals surface area contributed by atoms with Gasteiger partial charge < -0.3 is 4.74 Å². The van der Waals surface area contributed by atoms with Gasteiger partial charge in [-0.15, -0.1) is 0 Å². The van der Waals surface area contributed by atoms with E-state index < -0.39 is 15.8 Å². The standard InChI is InChI=1S/C23H18FNO3S/c1-28-19-14-12-18(13-15-19)23-21(24)16-22(17-8-4-2-5-9-17)25(23)29(26,27)20-10-6-3-7-11-20/h2-16H,1H3. The zero-order valence-corrected chi connectivity index (χ0v) is 16.4. The molecule has 0 bridgehead atoms. The van der Waals surface area contributed by atoms with E-state index in [0.29, 0.717) is 16.9 Å². The summed E-state index contributed by atoms with van der Waals surface area (Å²) in [5.74, 6) is -0.0185. The van der Waals surface area contributed by atoms with Crippen molar-refractivity contribution in [2.75, 3.05) is 7.11 Å². The van der Waals surface area contributed by atoms with Crippen molar-refractivity contribution in [2.24, 2.45) is 0 Å². The fourth-order valence-electron chi connectivity index (χ4n) is 3.23. The summed E-state index contributed by atoms with van der Waals surface area (Å²) in [6.07, 6.45) is 0. The molecule has 0 aliphatic carbocycles. The Labute approximate surface area is 168 Å². The molecule has 3 aromatic carbocycles. The number of nitrogens with zero attached hydrogens (tertiary/aromatic N) is 1. The lowest BCUT2D eigenvalue weighted by Gasteiger charge is -2.15. The van der Waals surface area contributed by atoms with Crippen LogP contribution in [0.2, 0.25) is 0 Å². The number of benzene rings is 3. The molecule has 0 aliphatic rings. The van der Waals surface area contributed by atoms with Gasteiger partial charge in [-0.3, -0.25) is 0 Å². The number of ether oxygens (including phenoxy) is 1. The van der Waals surface area contributed by atoms with E-state index >= 15 is 4.39 Å². The maximum atomic E-state index is 15.2. The van der Waals surface area contributed by atoms with Gasteiger partial charge in [-0.2, -0.15) is 0 Å². The van der Waals surface area contributed by atoms with Crippen molar-refractivity contribution in [3.63, 3.8) is 0 Å². The first-order chi connectivity index (χ1) is 14.0. The van der Waals surface area contributed by atoms with Crippen LogP contribution in [0, 0.1) is 5.82 Å². The second-order valence-corrected chi connectivity index (χ2v) is 8.19. The molecule has 0 radical (unpaired) electrons. The molecule has 0 saturated heterocycles. The van der Waals surface area contributed by atoms with Crippen LogP contribution in [0.25, 0.3) is 22.5 Å². The van der Waals surface area contributed by atoms with Crippen LogP contribution in [0.5, 0.6) is 5.75 Å². The van der Waals surface area contributed by atoms with Gasteiger partial charge in [-0.25, -0.2) is 16.8 Å². The van der Waals surface area contributed by atoms with Gasteiger partial charge in [0.1, 0.15) is 11.4 Å². The minimum absolute atomic E-state index is 0.0182. The number of methoxy groups -OCH3 is 1. The maximum Gasteiger partial charge on any atom is 0.268 e. The van der Waals surface area contributed by atoms with E-state index in [0.717, 1.165) is 3.97 Å². The average Bonchev–Trinajstić information content (AvgIpc) is 3.13. The van der Waals surface area contributed by atoms with E-state index in [9.17, 15) is 8.42 Å². The molecule has 6 heteroatoms. The molecular weight excluding hydrogens is 389 g/mol. The SMILES string of the molecule is COc1ccc(-c2c(F)cc(-c3ccccc3)n2S(=O)(=O)c2ccccc2)cc1. The summed E-state index contributed by atoms with van der Waals surface area (Å²) in [7, 11) is -2.51. The molecule has 146 valence electrons. The van der Waals surface area contributed by atoms with Crippen LogP contribution in [-0.4, -0.2) is 19.5 Å². The summed E-state index contributed by atoms with van der Waals surface area (Å²) in [5, 5.41) is 0. The normalized spacial score (nSPS) is 11.4. The van der Waals surface area contributed by atoms with Crippen molar-refractivity contribution in [1.29, 1.82) is 0 Å². The van der Waals surface area contributed by atoms with Gasteiger partial charge in [0.25, 0.3) is 10.0 Å². The van der Waals surface area contributed by atoms with Gasteiger partial charge in [0.05, 0.1) is 17.7 Å². The molecule has 1 aromatic heterocycles. The Kier molecular flexibility index (Phi) is 4.94. The Morgan fingerprint density at radius 2 is 1.38 bits per heavy atom. The second-order valence-electron chi connectivity index (χ2n) is 6.40. The summed E-state index contributed by atoms with van der Waals surface area (Å²) < 4.78 is 48.5. The highest BCUT2D eigenvalue weighted by atomic mass is 32.2. The van der Waals surface area contributed by atoms with Crippen LogP contribution >= 0.6 is 0 Å². The van der Waals surface area contributed by atoms with Crippen molar-refractivity contribution in [1.82, 2.24) is 3.97 Å². The first-order valence-electron chi connectivity index (χ1n) is 8.94. The van der Waals surface area contributed by atoms with E-state index in [2.05, 4.69) is 0 Å². The zero-order valence-electron chi connectivity index (χ0n) is 15.6. The Bertz CT molecular complexity index is 1230. The van der Waals surface area contributed by atoms with Crippen molar-refractivity contribution in [3.05, 3.63) is 96.8 Å². The van der Waals surface area contributed by atoms with Gasteiger partial charge >= 0.3 is 0 Å². The first-order valence-corrected chi connectivity index (χ1v) is 10.4. The van der Waals surface area contributed by atoms with Crippen molar-refractivity contribution in [2.45, 2.75) is 4.90 Å². The van der Waals surface area contributed by atoms with Crippen LogP contribution in [0.1, 0.15) is 0 Å². The largest absolute Gasteiger partial charge is 0.497 e. The number of hydrogen-bond acceptors (Lipinski definition) is 3. The van der Waals surface area contributed by atoms with E-state index in [4.69, 9.17) is 4.74 Å². The minimum Gasteiger partial charge on any atom is -0.497 e. The van der Waals surface area contributed by atoms with Gasteiger partial charge in [-0.05, 0) is 42.0 Å². The summed E-state index contributed by atoms with van der Waals surface area (Å²) in [6, 6.07) is 24.8. The highest BCUT2D eigenvalue weighted by molar-refractivity contribution is 7.90. The molecule has 0 saturated carbocycles. The van der Waals surface area contributed by atoms with Crippen molar-refractivity contribution >= 4 is 10.0 Å². The number of rotatable bonds is 5. The molecule has 0 unspecified atom stereocenters. The molecule has 0 aliphatic heterocycles. The highest BCUT2D eigenvalue weighted by Gasteiger charge is 2.28. The Balaban J connectivity index is 2.03. The number of hydrogen-bond donors (Lipinski definition) is 0. The molecule has 0 atom stereocenters. The smallest absolute Gasteiger partial charge is 0.268 e. The molecule has 0 fully saturated rings. The second kappa shape index (κ2) is 7.56. The lowest BCUT2D eigenvalue weighted by atomic mass is 10.1. The molecule has 29 heavy (non-hydrogen) atoms. The van der Waals surface area contributed by atoms with Crippen LogP contribution < -0.4 is 4.74 Å². The summed E-state index contributed by atoms with van der Waals surface area (Å²) in [4.78, 5) is 0.0857. The van der Waals surface area contributed by atoms with E-state index in [1.807, 2.05) is 6.07 Å². The Hall–Kier alpha value is -3.38. The van der Waals surface area contributed by atoms with E-state index in [-0.39, 0.29) is 16.3 Å². The predicted octanol–water partition coefficient (Wildman–Crippen LogP) is 5.21. The summed E-state index contributed by atoms with van der Waals surface area (Å²) in [6.45, 7) is 0. The quantitative estimate of drug-likeness (QED) is 0.456. The molecule has 0 amide bonds. The average molecular weight is 407 g/mol. The topological polar surface area (TPSA) is 48.3 Å². The lowest BCUT2D eigenvalue weighted by Crippen LogP contribution is -2.15. The third-order valence-corrected chi connectivity index (χ3v) is 6.35. The van der Waals surface area contributed by atoms with Crippen molar-refractivity contribution in [3.8, 4) is 28.3 Å². The zero-order chi connectivity index (χ0) is 20.4. The number of aromatic nitrogens is 1. The first kappa shape index (κ1) is 19.0. The van der Waals surface area contributed by atoms with Gasteiger partial charge in [0.2, 0.25) is 0 Å². The van der Waals surface area contributed by atoms with E-state index in [1.54, 1.807) is 66.7 Å². The molecule has 0 N–H and O–H groups in total. The highest BCUT2D eigenvalue weighted by Crippen LogP contribution is 2.36. The molecule has 4 rings (SSSR count). The van der Waals surface area contributed by atoms with Crippen molar-refractivity contribution < 1.29 is 17.5 Å². The summed E-state index contributed by atoms with van der Waals surface area (Å²) >= 11 is 0. The fraction of sp³-hybridized carbons (Fsp3) is 0.0435. The predicted molar refractivity (Wildman–Crippen MR) is 111 cm³/mol.